The molecule has 0 radical (unpaired) electrons. The van der Waals surface area contributed by atoms with Crippen molar-refractivity contribution in [1.29, 1.82) is 0 Å². The van der Waals surface area contributed by atoms with Gasteiger partial charge in [-0.05, 0) is 61.3 Å². The van der Waals surface area contributed by atoms with Crippen LogP contribution < -0.4 is 20.5 Å². The number of rotatable bonds is 7. The lowest BCUT2D eigenvalue weighted by atomic mass is 9.93. The van der Waals surface area contributed by atoms with Crippen LogP contribution in [0.1, 0.15) is 31.0 Å². The second-order valence-electron chi connectivity index (χ2n) is 8.02. The highest BCUT2D eigenvalue weighted by atomic mass is 16.5. The van der Waals surface area contributed by atoms with E-state index in [1.54, 1.807) is 20.4 Å². The third kappa shape index (κ3) is 5.40. The van der Waals surface area contributed by atoms with Gasteiger partial charge in [0.15, 0.2) is 0 Å². The number of ether oxygens (including phenoxy) is 2. The molecule has 33 heavy (non-hydrogen) atoms. The molecule has 0 bridgehead atoms. The lowest BCUT2D eigenvalue weighted by molar-refractivity contribution is -0.118. The van der Waals surface area contributed by atoms with Crippen LogP contribution in [0, 0.1) is 0 Å². The number of nitrogen functional groups attached to an aromatic ring is 1. The van der Waals surface area contributed by atoms with E-state index in [9.17, 15) is 4.79 Å². The predicted octanol–water partition coefficient (Wildman–Crippen LogP) is 3.91. The van der Waals surface area contributed by atoms with Crippen molar-refractivity contribution in [3.8, 4) is 22.6 Å². The summed E-state index contributed by atoms with van der Waals surface area (Å²) in [4.78, 5) is 23.9. The molecule has 3 aromatic rings. The molecule has 0 spiro atoms. The molecule has 0 saturated carbocycles. The minimum atomic E-state index is -0.0722. The van der Waals surface area contributed by atoms with E-state index >= 15 is 0 Å². The van der Waals surface area contributed by atoms with Gasteiger partial charge in [-0.2, -0.15) is 0 Å². The number of hydrogen-bond donors (Lipinski definition) is 2. The van der Waals surface area contributed by atoms with Crippen molar-refractivity contribution in [2.45, 2.75) is 25.3 Å². The molecule has 1 amide bonds. The van der Waals surface area contributed by atoms with Crippen LogP contribution in [0.3, 0.4) is 0 Å². The molecule has 1 saturated heterocycles. The molecule has 1 aliphatic rings. The van der Waals surface area contributed by atoms with Crippen LogP contribution in [-0.4, -0.2) is 48.1 Å². The number of aromatic nitrogens is 2. The molecular weight excluding hydrogens is 418 g/mol. The Kier molecular flexibility index (Phi) is 7.04. The number of likely N-dealkylation sites (tertiary alicyclic amines) is 1. The molecule has 1 aromatic heterocycles. The number of nitrogens with two attached hydrogens (primary N) is 1. The highest BCUT2D eigenvalue weighted by Gasteiger charge is 2.29. The van der Waals surface area contributed by atoms with Gasteiger partial charge in [-0.25, -0.2) is 9.97 Å². The zero-order valence-electron chi connectivity index (χ0n) is 19.0. The van der Waals surface area contributed by atoms with E-state index in [0.29, 0.717) is 0 Å². The maximum absolute atomic E-state index is 12.9. The van der Waals surface area contributed by atoms with Gasteiger partial charge < -0.3 is 20.5 Å². The van der Waals surface area contributed by atoms with Crippen molar-refractivity contribution in [2.75, 3.05) is 38.4 Å². The topological polar surface area (TPSA) is 103 Å². The Morgan fingerprint density at radius 1 is 1.12 bits per heavy atom. The normalized spacial score (nSPS) is 16.2. The number of carbonyl (C=O) groups excluding carboxylic acids is 1. The summed E-state index contributed by atoms with van der Waals surface area (Å²) in [6.07, 6.45) is 4.74. The second kappa shape index (κ2) is 10.3. The fourth-order valence-electron chi connectivity index (χ4n) is 4.23. The molecule has 8 heteroatoms. The van der Waals surface area contributed by atoms with Gasteiger partial charge in [-0.3, -0.25) is 9.69 Å². The summed E-state index contributed by atoms with van der Waals surface area (Å²) in [5.41, 5.74) is 9.42. The van der Waals surface area contributed by atoms with E-state index in [1.165, 1.54) is 0 Å². The first kappa shape index (κ1) is 22.5. The number of nitrogens with one attached hydrogen (secondary N) is 1. The Balaban J connectivity index is 1.57. The molecule has 1 fully saturated rings. The molecule has 2 aromatic carbocycles. The maximum atomic E-state index is 12.9. The van der Waals surface area contributed by atoms with Gasteiger partial charge in [0.25, 0.3) is 0 Å². The van der Waals surface area contributed by atoms with Gasteiger partial charge >= 0.3 is 0 Å². The van der Waals surface area contributed by atoms with Gasteiger partial charge in [0.05, 0.1) is 32.5 Å². The molecule has 3 N–H and O–H groups in total. The summed E-state index contributed by atoms with van der Waals surface area (Å²) in [5.74, 6) is 1.66. The fraction of sp³-hybridized carbons (Fsp3) is 0.320. The molecule has 172 valence electrons. The molecular formula is C25H29N5O3. The van der Waals surface area contributed by atoms with Gasteiger partial charge in [0, 0.05) is 17.4 Å². The minimum Gasteiger partial charge on any atom is -0.497 e. The zero-order valence-corrected chi connectivity index (χ0v) is 19.0. The van der Waals surface area contributed by atoms with E-state index in [2.05, 4.69) is 20.2 Å². The number of anilines is 2. The lowest BCUT2D eigenvalue weighted by Gasteiger charge is -2.35. The third-order valence-electron chi connectivity index (χ3n) is 5.87. The van der Waals surface area contributed by atoms with Gasteiger partial charge in [0.1, 0.15) is 11.5 Å². The first-order valence-electron chi connectivity index (χ1n) is 11.0. The summed E-state index contributed by atoms with van der Waals surface area (Å²) < 4.78 is 10.6. The molecule has 4 rings (SSSR count). The minimum absolute atomic E-state index is 0.0353. The summed E-state index contributed by atoms with van der Waals surface area (Å²) >= 11 is 0. The predicted molar refractivity (Wildman–Crippen MR) is 128 cm³/mol. The second-order valence-corrected chi connectivity index (χ2v) is 8.02. The SMILES string of the molecule is COc1ccc(NC(=O)CN2CCCCC2c2nc(N)ncc2-c2cccc(OC)c2)cc1. The quantitative estimate of drug-likeness (QED) is 0.566. The molecule has 1 atom stereocenters. The van der Waals surface area contributed by atoms with Crippen molar-refractivity contribution in [1.82, 2.24) is 14.9 Å². The van der Waals surface area contributed by atoms with Crippen LogP contribution in [0.15, 0.2) is 54.7 Å². The monoisotopic (exact) mass is 447 g/mol. The highest BCUT2D eigenvalue weighted by molar-refractivity contribution is 5.92. The first-order valence-corrected chi connectivity index (χ1v) is 11.0. The standard InChI is InChI=1S/C25H29N5O3/c1-32-19-11-9-18(10-12-19)28-23(31)16-30-13-4-3-8-22(30)24-21(15-27-25(26)29-24)17-6-5-7-20(14-17)33-2/h5-7,9-12,14-15,22H,3-4,8,13,16H2,1-2H3,(H,28,31)(H2,26,27,29). The molecule has 2 heterocycles. The molecule has 0 aliphatic carbocycles. The highest BCUT2D eigenvalue weighted by Crippen LogP contribution is 2.36. The molecule has 1 unspecified atom stereocenters. The van der Waals surface area contributed by atoms with E-state index in [1.807, 2.05) is 48.5 Å². The number of nitrogens with zero attached hydrogens (tertiary/aromatic N) is 3. The van der Waals surface area contributed by atoms with Crippen LogP contribution in [-0.2, 0) is 4.79 Å². The van der Waals surface area contributed by atoms with E-state index in [0.717, 1.165) is 59.8 Å². The Morgan fingerprint density at radius 2 is 1.91 bits per heavy atom. The molecule has 8 nitrogen and oxygen atoms in total. The zero-order chi connectivity index (χ0) is 23.2. The average molecular weight is 448 g/mol. The number of carbonyl (C=O) groups is 1. The van der Waals surface area contributed by atoms with Gasteiger partial charge in [0.2, 0.25) is 11.9 Å². The van der Waals surface area contributed by atoms with Crippen LogP contribution in [0.2, 0.25) is 0 Å². The summed E-state index contributed by atoms with van der Waals surface area (Å²) in [6.45, 7) is 1.07. The number of piperidine rings is 1. The largest absolute Gasteiger partial charge is 0.497 e. The summed E-state index contributed by atoms with van der Waals surface area (Å²) in [6, 6.07) is 15.1. The van der Waals surface area contributed by atoms with Crippen LogP contribution in [0.4, 0.5) is 11.6 Å². The summed E-state index contributed by atoms with van der Waals surface area (Å²) in [5, 5.41) is 2.98. The van der Waals surface area contributed by atoms with Crippen molar-refractivity contribution in [2.24, 2.45) is 0 Å². The number of hydrogen-bond acceptors (Lipinski definition) is 7. The lowest BCUT2D eigenvalue weighted by Crippen LogP contribution is -2.40. The maximum Gasteiger partial charge on any atom is 0.238 e. The van der Waals surface area contributed by atoms with Crippen molar-refractivity contribution < 1.29 is 14.3 Å². The summed E-state index contributed by atoms with van der Waals surface area (Å²) in [7, 11) is 3.26. The van der Waals surface area contributed by atoms with Gasteiger partial charge in [-0.15, -0.1) is 0 Å². The number of methoxy groups -OCH3 is 2. The fourth-order valence-corrected chi connectivity index (χ4v) is 4.23. The number of amides is 1. The third-order valence-corrected chi connectivity index (χ3v) is 5.87. The Hall–Kier alpha value is -3.65. The Morgan fingerprint density at radius 3 is 2.67 bits per heavy atom. The smallest absolute Gasteiger partial charge is 0.238 e. The van der Waals surface area contributed by atoms with Crippen LogP contribution in [0.25, 0.3) is 11.1 Å². The van der Waals surface area contributed by atoms with Crippen LogP contribution in [0.5, 0.6) is 11.5 Å². The Labute approximate surface area is 193 Å². The van der Waals surface area contributed by atoms with Gasteiger partial charge in [-0.1, -0.05) is 18.6 Å². The van der Waals surface area contributed by atoms with Crippen molar-refractivity contribution in [3.05, 3.63) is 60.4 Å². The first-order chi connectivity index (χ1) is 16.1. The van der Waals surface area contributed by atoms with Crippen molar-refractivity contribution in [3.63, 3.8) is 0 Å². The Bertz CT molecular complexity index is 1100. The van der Waals surface area contributed by atoms with E-state index in [-0.39, 0.29) is 24.4 Å². The van der Waals surface area contributed by atoms with Crippen LogP contribution >= 0.6 is 0 Å². The van der Waals surface area contributed by atoms with Crippen molar-refractivity contribution >= 4 is 17.5 Å². The number of benzene rings is 2. The molecule has 1 aliphatic heterocycles. The van der Waals surface area contributed by atoms with E-state index in [4.69, 9.17) is 15.2 Å². The van der Waals surface area contributed by atoms with E-state index < -0.39 is 0 Å². The average Bonchev–Trinajstić information content (AvgIpc) is 2.85.